The Morgan fingerprint density at radius 3 is 2.32 bits per heavy atom. The van der Waals surface area contributed by atoms with Crippen LogP contribution in [0.3, 0.4) is 0 Å². The van der Waals surface area contributed by atoms with Crippen molar-refractivity contribution in [3.63, 3.8) is 0 Å². The molecule has 1 rings (SSSR count). The predicted molar refractivity (Wildman–Crippen MR) is 66.5 cm³/mol. The van der Waals surface area contributed by atoms with Gasteiger partial charge in [-0.3, -0.25) is 9.69 Å². The molecule has 0 bridgehead atoms. The van der Waals surface area contributed by atoms with Crippen molar-refractivity contribution < 1.29 is 18.0 Å². The Morgan fingerprint density at radius 1 is 1.26 bits per heavy atom. The smallest absolute Gasteiger partial charge is 0.340 e. The number of hydrogen-bond acceptors (Lipinski definition) is 3. The van der Waals surface area contributed by atoms with E-state index in [-0.39, 0.29) is 24.9 Å². The molecule has 2 N–H and O–H groups in total. The average Bonchev–Trinajstić information content (AvgIpc) is 2.34. The van der Waals surface area contributed by atoms with Crippen LogP contribution in [0.15, 0.2) is 0 Å². The minimum atomic E-state index is -4.17. The summed E-state index contributed by atoms with van der Waals surface area (Å²) in [5, 5.41) is 0. The van der Waals surface area contributed by atoms with Gasteiger partial charge in [-0.2, -0.15) is 13.2 Å². The number of nitrogens with two attached hydrogens (primary N) is 1. The molecule has 0 radical (unpaired) electrons. The zero-order valence-corrected chi connectivity index (χ0v) is 11.2. The fourth-order valence-electron chi connectivity index (χ4n) is 2.24. The van der Waals surface area contributed by atoms with E-state index in [1.54, 1.807) is 4.90 Å². The van der Waals surface area contributed by atoms with Crippen molar-refractivity contribution >= 4 is 5.91 Å². The number of carbonyl (C=O) groups is 1. The van der Waals surface area contributed by atoms with Crippen LogP contribution in [0.2, 0.25) is 0 Å². The largest absolute Gasteiger partial charge is 0.401 e. The fraction of sp³-hybridized carbons (Fsp3) is 0.917. The van der Waals surface area contributed by atoms with Gasteiger partial charge in [0.15, 0.2) is 0 Å². The van der Waals surface area contributed by atoms with Crippen LogP contribution in [0.5, 0.6) is 0 Å². The molecule has 19 heavy (non-hydrogen) atoms. The first-order valence-corrected chi connectivity index (χ1v) is 6.61. The second-order valence-corrected chi connectivity index (χ2v) is 5.05. The molecule has 0 aromatic heterocycles. The average molecular weight is 281 g/mol. The van der Waals surface area contributed by atoms with E-state index < -0.39 is 12.7 Å². The highest BCUT2D eigenvalue weighted by molar-refractivity contribution is 5.78. The van der Waals surface area contributed by atoms with Gasteiger partial charge in [-0.05, 0) is 19.4 Å². The Bertz CT molecular complexity index is 288. The molecule has 1 aliphatic rings. The van der Waals surface area contributed by atoms with Crippen LogP contribution in [0.4, 0.5) is 13.2 Å². The fourth-order valence-corrected chi connectivity index (χ4v) is 2.24. The standard InChI is InChI=1S/C12H22F3N3O/c1-10(3-2-4-16)11(19)18-7-5-17(6-8-18)9-12(13,14)15/h10H,2-9,16H2,1H3. The summed E-state index contributed by atoms with van der Waals surface area (Å²) >= 11 is 0. The summed E-state index contributed by atoms with van der Waals surface area (Å²) in [6.07, 6.45) is -2.64. The number of hydrogen-bond donors (Lipinski definition) is 1. The van der Waals surface area contributed by atoms with E-state index in [4.69, 9.17) is 5.73 Å². The summed E-state index contributed by atoms with van der Waals surface area (Å²) in [6, 6.07) is 0. The lowest BCUT2D eigenvalue weighted by Crippen LogP contribution is -2.52. The molecule has 0 aromatic carbocycles. The van der Waals surface area contributed by atoms with Gasteiger partial charge in [0.2, 0.25) is 5.91 Å². The van der Waals surface area contributed by atoms with Crippen molar-refractivity contribution in [2.75, 3.05) is 39.3 Å². The quantitative estimate of drug-likeness (QED) is 0.820. The lowest BCUT2D eigenvalue weighted by molar-refractivity contribution is -0.152. The van der Waals surface area contributed by atoms with Crippen molar-refractivity contribution in [1.82, 2.24) is 9.80 Å². The molecule has 0 saturated carbocycles. The first-order chi connectivity index (χ1) is 8.83. The van der Waals surface area contributed by atoms with Crippen LogP contribution in [-0.2, 0) is 4.79 Å². The van der Waals surface area contributed by atoms with Gasteiger partial charge in [-0.15, -0.1) is 0 Å². The van der Waals surface area contributed by atoms with Gasteiger partial charge >= 0.3 is 6.18 Å². The summed E-state index contributed by atoms with van der Waals surface area (Å²) in [4.78, 5) is 15.0. The van der Waals surface area contributed by atoms with E-state index in [0.717, 1.165) is 12.8 Å². The van der Waals surface area contributed by atoms with Crippen molar-refractivity contribution in [1.29, 1.82) is 0 Å². The number of alkyl halides is 3. The lowest BCUT2D eigenvalue weighted by Gasteiger charge is -2.36. The molecule has 0 aromatic rings. The van der Waals surface area contributed by atoms with Crippen LogP contribution in [-0.4, -0.2) is 61.2 Å². The molecule has 4 nitrogen and oxygen atoms in total. The highest BCUT2D eigenvalue weighted by atomic mass is 19.4. The Kier molecular flexibility index (Phi) is 6.06. The number of nitrogens with zero attached hydrogens (tertiary/aromatic N) is 2. The molecule has 0 aliphatic carbocycles. The summed E-state index contributed by atoms with van der Waals surface area (Å²) in [7, 11) is 0. The Balaban J connectivity index is 2.34. The van der Waals surface area contributed by atoms with Crippen LogP contribution in [0.25, 0.3) is 0 Å². The van der Waals surface area contributed by atoms with Gasteiger partial charge in [0, 0.05) is 32.1 Å². The van der Waals surface area contributed by atoms with Gasteiger partial charge in [-0.1, -0.05) is 6.92 Å². The lowest BCUT2D eigenvalue weighted by atomic mass is 10.0. The number of carbonyl (C=O) groups excluding carboxylic acids is 1. The van der Waals surface area contributed by atoms with Gasteiger partial charge in [-0.25, -0.2) is 0 Å². The molecular weight excluding hydrogens is 259 g/mol. The zero-order valence-electron chi connectivity index (χ0n) is 11.2. The molecule has 1 fully saturated rings. The molecule has 112 valence electrons. The number of piperazine rings is 1. The van der Waals surface area contributed by atoms with E-state index in [1.807, 2.05) is 6.92 Å². The maximum absolute atomic E-state index is 12.2. The highest BCUT2D eigenvalue weighted by Crippen LogP contribution is 2.18. The maximum Gasteiger partial charge on any atom is 0.401 e. The van der Waals surface area contributed by atoms with Crippen molar-refractivity contribution in [3.8, 4) is 0 Å². The van der Waals surface area contributed by atoms with Crippen LogP contribution in [0.1, 0.15) is 19.8 Å². The monoisotopic (exact) mass is 281 g/mol. The number of halogens is 3. The summed E-state index contributed by atoms with van der Waals surface area (Å²) in [5.74, 6) is -0.0715. The van der Waals surface area contributed by atoms with Gasteiger partial charge in [0.1, 0.15) is 0 Å². The first kappa shape index (κ1) is 16.2. The van der Waals surface area contributed by atoms with E-state index in [0.29, 0.717) is 19.6 Å². The second kappa shape index (κ2) is 7.09. The third-order valence-corrected chi connectivity index (χ3v) is 3.35. The van der Waals surface area contributed by atoms with Crippen LogP contribution in [0, 0.1) is 5.92 Å². The zero-order chi connectivity index (χ0) is 14.5. The van der Waals surface area contributed by atoms with Crippen molar-refractivity contribution in [3.05, 3.63) is 0 Å². The molecule has 1 aliphatic heterocycles. The summed E-state index contributed by atoms with van der Waals surface area (Å²) < 4.78 is 36.7. The normalized spacial score (nSPS) is 19.5. The Hall–Kier alpha value is -0.820. The molecule has 1 saturated heterocycles. The highest BCUT2D eigenvalue weighted by Gasteiger charge is 2.33. The van der Waals surface area contributed by atoms with Crippen LogP contribution < -0.4 is 5.73 Å². The number of amides is 1. The predicted octanol–water partition coefficient (Wildman–Crippen LogP) is 1.07. The van der Waals surface area contributed by atoms with Gasteiger partial charge in [0.25, 0.3) is 0 Å². The third kappa shape index (κ3) is 5.78. The van der Waals surface area contributed by atoms with E-state index in [1.165, 1.54) is 4.90 Å². The minimum Gasteiger partial charge on any atom is -0.340 e. The summed E-state index contributed by atoms with van der Waals surface area (Å²) in [5.41, 5.74) is 5.39. The van der Waals surface area contributed by atoms with Gasteiger partial charge < -0.3 is 10.6 Å². The van der Waals surface area contributed by atoms with E-state index >= 15 is 0 Å². The van der Waals surface area contributed by atoms with E-state index in [9.17, 15) is 18.0 Å². The molecular formula is C12H22F3N3O. The molecule has 1 unspecified atom stereocenters. The summed E-state index contributed by atoms with van der Waals surface area (Å²) in [6.45, 7) is 2.84. The van der Waals surface area contributed by atoms with Gasteiger partial charge in [0.05, 0.1) is 6.54 Å². The van der Waals surface area contributed by atoms with Crippen molar-refractivity contribution in [2.24, 2.45) is 11.7 Å². The van der Waals surface area contributed by atoms with Crippen LogP contribution >= 0.6 is 0 Å². The SMILES string of the molecule is CC(CCCN)C(=O)N1CCN(CC(F)(F)F)CC1. The molecule has 1 amide bonds. The Morgan fingerprint density at radius 2 is 1.84 bits per heavy atom. The molecule has 7 heteroatoms. The minimum absolute atomic E-state index is 0.0279. The molecule has 0 spiro atoms. The third-order valence-electron chi connectivity index (χ3n) is 3.35. The maximum atomic E-state index is 12.2. The first-order valence-electron chi connectivity index (χ1n) is 6.61. The van der Waals surface area contributed by atoms with Crippen molar-refractivity contribution in [2.45, 2.75) is 25.9 Å². The number of rotatable bonds is 5. The van der Waals surface area contributed by atoms with E-state index in [2.05, 4.69) is 0 Å². The Labute approximate surface area is 111 Å². The molecule has 1 heterocycles. The second-order valence-electron chi connectivity index (χ2n) is 5.05. The topological polar surface area (TPSA) is 49.6 Å². The molecule has 1 atom stereocenters.